The van der Waals surface area contributed by atoms with Gasteiger partial charge in [0.25, 0.3) is 0 Å². The monoisotopic (exact) mass is 495 g/mol. The number of ether oxygens (including phenoxy) is 1. The number of nitrogens with one attached hydrogen (secondary N) is 1. The van der Waals surface area contributed by atoms with Gasteiger partial charge < -0.3 is 19.9 Å². The summed E-state index contributed by atoms with van der Waals surface area (Å²) in [6.07, 6.45) is 10.8. The fourth-order valence-electron chi connectivity index (χ4n) is 5.62. The second-order valence-corrected chi connectivity index (χ2v) is 10.7. The van der Waals surface area contributed by atoms with Crippen molar-refractivity contribution in [3.05, 3.63) is 47.5 Å². The molecular weight excluding hydrogens is 457 g/mol. The number of likely N-dealkylation sites (N-methyl/N-ethyl adjacent to an activating group) is 1. The van der Waals surface area contributed by atoms with Gasteiger partial charge >= 0.3 is 0 Å². The standard InChI is InChI=1S/C28H38FN5O2/c1-33(24-5-6-24)27(35)14-22-3-4-23(15-26(22)29)30-10-7-21-13-25(21)20-8-11-34(12-9-20)28-31-16-19(17-32-28)18-36-2/h3-4,15-17,20-21,24-25,30H,5-14,18H2,1-2H3/t21-,25-/m1/s1. The van der Waals surface area contributed by atoms with Gasteiger partial charge in [-0.3, -0.25) is 4.79 Å². The molecule has 2 aliphatic carbocycles. The Balaban J connectivity index is 1.01. The fourth-order valence-corrected chi connectivity index (χ4v) is 5.62. The summed E-state index contributed by atoms with van der Waals surface area (Å²) >= 11 is 0. The highest BCUT2D eigenvalue weighted by molar-refractivity contribution is 5.79. The van der Waals surface area contributed by atoms with Crippen LogP contribution in [0.15, 0.2) is 30.6 Å². The molecule has 1 saturated heterocycles. The van der Waals surface area contributed by atoms with Crippen molar-refractivity contribution in [3.8, 4) is 0 Å². The number of carbonyl (C=O) groups excluding carboxylic acids is 1. The topological polar surface area (TPSA) is 70.6 Å². The first-order chi connectivity index (χ1) is 17.5. The van der Waals surface area contributed by atoms with Crippen molar-refractivity contribution in [1.82, 2.24) is 14.9 Å². The van der Waals surface area contributed by atoms with E-state index >= 15 is 0 Å². The lowest BCUT2D eigenvalue weighted by Crippen LogP contribution is -2.35. The van der Waals surface area contributed by atoms with Crippen LogP contribution >= 0.6 is 0 Å². The number of carbonyl (C=O) groups is 1. The zero-order valence-electron chi connectivity index (χ0n) is 21.5. The van der Waals surface area contributed by atoms with E-state index in [1.54, 1.807) is 18.1 Å². The summed E-state index contributed by atoms with van der Waals surface area (Å²) in [6.45, 7) is 3.42. The lowest BCUT2D eigenvalue weighted by atomic mass is 9.90. The highest BCUT2D eigenvalue weighted by Gasteiger charge is 2.43. The van der Waals surface area contributed by atoms with Gasteiger partial charge in [0.1, 0.15) is 5.82 Å². The molecule has 1 aliphatic heterocycles. The number of rotatable bonds is 11. The van der Waals surface area contributed by atoms with Gasteiger partial charge in [-0.05, 0) is 74.0 Å². The van der Waals surface area contributed by atoms with E-state index in [1.807, 2.05) is 25.5 Å². The smallest absolute Gasteiger partial charge is 0.227 e. The van der Waals surface area contributed by atoms with Crippen molar-refractivity contribution < 1.29 is 13.9 Å². The quantitative estimate of drug-likeness (QED) is 0.502. The van der Waals surface area contributed by atoms with Gasteiger partial charge in [-0.15, -0.1) is 0 Å². The molecule has 194 valence electrons. The van der Waals surface area contributed by atoms with Crippen molar-refractivity contribution >= 4 is 17.5 Å². The van der Waals surface area contributed by atoms with Gasteiger partial charge in [0.2, 0.25) is 11.9 Å². The lowest BCUT2D eigenvalue weighted by Gasteiger charge is -2.32. The minimum Gasteiger partial charge on any atom is -0.385 e. The van der Waals surface area contributed by atoms with Crippen molar-refractivity contribution in [2.75, 3.05) is 44.0 Å². The summed E-state index contributed by atoms with van der Waals surface area (Å²) < 4.78 is 19.7. The van der Waals surface area contributed by atoms with Gasteiger partial charge in [0.05, 0.1) is 13.0 Å². The molecule has 2 heterocycles. The Bertz CT molecular complexity index is 1040. The van der Waals surface area contributed by atoms with Crippen LogP contribution in [0.2, 0.25) is 0 Å². The number of anilines is 2. The average Bonchev–Trinajstić information content (AvgIpc) is 3.81. The molecule has 8 heteroatoms. The van der Waals surface area contributed by atoms with Crippen LogP contribution in [0, 0.1) is 23.6 Å². The van der Waals surface area contributed by atoms with E-state index in [4.69, 9.17) is 4.74 Å². The highest BCUT2D eigenvalue weighted by atomic mass is 19.1. The number of piperidine rings is 1. The van der Waals surface area contributed by atoms with E-state index in [0.29, 0.717) is 18.2 Å². The molecule has 1 aromatic carbocycles. The van der Waals surface area contributed by atoms with Gasteiger partial charge in [-0.1, -0.05) is 6.07 Å². The number of hydrogen-bond donors (Lipinski definition) is 1. The Labute approximate surface area is 213 Å². The molecule has 3 fully saturated rings. The average molecular weight is 496 g/mol. The van der Waals surface area contributed by atoms with Crippen LogP contribution in [0.4, 0.5) is 16.0 Å². The summed E-state index contributed by atoms with van der Waals surface area (Å²) in [5.74, 6) is 2.87. The molecule has 2 atom stereocenters. The molecule has 2 saturated carbocycles. The molecule has 1 amide bonds. The molecule has 0 unspecified atom stereocenters. The minimum absolute atomic E-state index is 0.00442. The first-order valence-corrected chi connectivity index (χ1v) is 13.3. The predicted molar refractivity (Wildman–Crippen MR) is 138 cm³/mol. The molecule has 0 spiro atoms. The maximum Gasteiger partial charge on any atom is 0.227 e. The third kappa shape index (κ3) is 6.14. The van der Waals surface area contributed by atoms with Crippen LogP contribution in [0.3, 0.4) is 0 Å². The van der Waals surface area contributed by atoms with Crippen molar-refractivity contribution in [2.24, 2.45) is 17.8 Å². The summed E-state index contributed by atoms with van der Waals surface area (Å²) in [4.78, 5) is 25.4. The van der Waals surface area contributed by atoms with Gasteiger partial charge in [0, 0.05) is 63.5 Å². The molecule has 1 aromatic heterocycles. The number of benzene rings is 1. The van der Waals surface area contributed by atoms with Crippen molar-refractivity contribution in [3.63, 3.8) is 0 Å². The summed E-state index contributed by atoms with van der Waals surface area (Å²) in [7, 11) is 3.50. The third-order valence-electron chi connectivity index (χ3n) is 8.13. The Kier molecular flexibility index (Phi) is 7.70. The normalized spacial score (nSPS) is 21.9. The van der Waals surface area contributed by atoms with E-state index in [0.717, 1.165) is 73.8 Å². The summed E-state index contributed by atoms with van der Waals surface area (Å²) in [5.41, 5.74) is 2.26. The second-order valence-electron chi connectivity index (χ2n) is 10.7. The number of aromatic nitrogens is 2. The second kappa shape index (κ2) is 11.1. The van der Waals surface area contributed by atoms with Gasteiger partial charge in [-0.2, -0.15) is 0 Å². The SMILES string of the molecule is COCc1cnc(N2CCC([C@H]3C[C@H]3CCNc3ccc(CC(=O)N(C)C4CC4)c(F)c3)CC2)nc1. The van der Waals surface area contributed by atoms with Gasteiger partial charge in [-0.25, -0.2) is 14.4 Å². The molecule has 0 bridgehead atoms. The first-order valence-electron chi connectivity index (χ1n) is 13.3. The van der Waals surface area contributed by atoms with Crippen LogP contribution in [0.1, 0.15) is 49.7 Å². The lowest BCUT2D eigenvalue weighted by molar-refractivity contribution is -0.129. The molecule has 0 radical (unpaired) electrons. The highest BCUT2D eigenvalue weighted by Crippen LogP contribution is 2.49. The maximum atomic E-state index is 14.6. The van der Waals surface area contributed by atoms with Crippen LogP contribution < -0.4 is 10.2 Å². The Morgan fingerprint density at radius 2 is 1.94 bits per heavy atom. The number of hydrogen-bond acceptors (Lipinski definition) is 6. The van der Waals surface area contributed by atoms with E-state index in [-0.39, 0.29) is 18.1 Å². The van der Waals surface area contributed by atoms with Crippen LogP contribution in [0.25, 0.3) is 0 Å². The van der Waals surface area contributed by atoms with Crippen molar-refractivity contribution in [1.29, 1.82) is 0 Å². The maximum absolute atomic E-state index is 14.6. The summed E-state index contributed by atoms with van der Waals surface area (Å²) in [5, 5.41) is 3.38. The Morgan fingerprint density at radius 3 is 2.61 bits per heavy atom. The van der Waals surface area contributed by atoms with Gasteiger partial charge in [0.15, 0.2) is 0 Å². The first kappa shape index (κ1) is 24.9. The third-order valence-corrected chi connectivity index (χ3v) is 8.13. The van der Waals surface area contributed by atoms with Crippen LogP contribution in [-0.2, 0) is 22.6 Å². The molecule has 7 nitrogen and oxygen atoms in total. The van der Waals surface area contributed by atoms with Crippen LogP contribution in [0.5, 0.6) is 0 Å². The largest absolute Gasteiger partial charge is 0.385 e. The van der Waals surface area contributed by atoms with Crippen molar-refractivity contribution in [2.45, 2.75) is 57.6 Å². The number of nitrogens with zero attached hydrogens (tertiary/aromatic N) is 4. The van der Waals surface area contributed by atoms with Crippen LogP contribution in [-0.4, -0.2) is 60.6 Å². The minimum atomic E-state index is -0.300. The van der Waals surface area contributed by atoms with E-state index in [2.05, 4.69) is 20.2 Å². The number of halogens is 1. The Hall–Kier alpha value is -2.74. The van der Waals surface area contributed by atoms with E-state index < -0.39 is 0 Å². The molecular formula is C28H38FN5O2. The predicted octanol–water partition coefficient (Wildman–Crippen LogP) is 4.28. The molecule has 36 heavy (non-hydrogen) atoms. The zero-order valence-corrected chi connectivity index (χ0v) is 21.5. The molecule has 3 aliphatic rings. The summed E-state index contributed by atoms with van der Waals surface area (Å²) in [6, 6.07) is 5.53. The molecule has 2 aromatic rings. The zero-order chi connectivity index (χ0) is 25.1. The molecule has 1 N–H and O–H groups in total. The number of methoxy groups -OCH3 is 1. The fraction of sp³-hybridized carbons (Fsp3) is 0.607. The number of amides is 1. The van der Waals surface area contributed by atoms with E-state index in [1.165, 1.54) is 25.3 Å². The molecule has 5 rings (SSSR count). The van der Waals surface area contributed by atoms with E-state index in [9.17, 15) is 9.18 Å². The Morgan fingerprint density at radius 1 is 1.19 bits per heavy atom.